The summed E-state index contributed by atoms with van der Waals surface area (Å²) in [4.78, 5) is 6.67. The molecule has 0 radical (unpaired) electrons. The summed E-state index contributed by atoms with van der Waals surface area (Å²) in [6.45, 7) is 5.01. The SMILES string of the molecule is CN=C(NCCN1CCCCC1)NCC1CCS(=O)(=O)C1.I. The van der Waals surface area contributed by atoms with Crippen molar-refractivity contribution in [2.45, 2.75) is 25.7 Å². The Kier molecular flexibility index (Phi) is 9.00. The van der Waals surface area contributed by atoms with Crippen LogP contribution in [0.25, 0.3) is 0 Å². The second-order valence-corrected chi connectivity index (χ2v) is 8.28. The van der Waals surface area contributed by atoms with Gasteiger partial charge in [-0.05, 0) is 38.3 Å². The fourth-order valence-corrected chi connectivity index (χ4v) is 4.87. The molecular formula is C14H29IN4O2S. The maximum atomic E-state index is 11.4. The van der Waals surface area contributed by atoms with E-state index in [1.807, 2.05) is 0 Å². The minimum atomic E-state index is -2.79. The quantitative estimate of drug-likeness (QED) is 0.371. The van der Waals surface area contributed by atoms with Crippen LogP contribution in [-0.2, 0) is 9.84 Å². The predicted molar refractivity (Wildman–Crippen MR) is 102 cm³/mol. The number of likely N-dealkylation sites (tertiary alicyclic amines) is 1. The molecule has 2 aliphatic heterocycles. The van der Waals surface area contributed by atoms with Crippen molar-refractivity contribution in [2.75, 3.05) is 51.3 Å². The highest BCUT2D eigenvalue weighted by Gasteiger charge is 2.27. The fourth-order valence-electron chi connectivity index (χ4n) is 3.01. The predicted octanol–water partition coefficient (Wildman–Crippen LogP) is 0.690. The van der Waals surface area contributed by atoms with E-state index in [-0.39, 0.29) is 29.9 Å². The summed E-state index contributed by atoms with van der Waals surface area (Å²) in [7, 11) is -1.04. The highest BCUT2D eigenvalue weighted by Crippen LogP contribution is 2.17. The molecule has 0 aromatic heterocycles. The molecule has 8 heteroatoms. The van der Waals surface area contributed by atoms with E-state index in [2.05, 4.69) is 20.5 Å². The normalized spacial score (nSPS) is 25.5. The Morgan fingerprint density at radius 1 is 1.23 bits per heavy atom. The van der Waals surface area contributed by atoms with Gasteiger partial charge in [0.05, 0.1) is 11.5 Å². The van der Waals surface area contributed by atoms with Crippen molar-refractivity contribution in [2.24, 2.45) is 10.9 Å². The van der Waals surface area contributed by atoms with Crippen LogP contribution >= 0.6 is 24.0 Å². The molecule has 0 aromatic carbocycles. The standard InChI is InChI=1S/C14H28N4O2S.HI/c1-15-14(16-6-9-18-7-3-2-4-8-18)17-11-13-5-10-21(19,20)12-13;/h13H,2-12H2,1H3,(H2,15,16,17);1H. The van der Waals surface area contributed by atoms with Gasteiger partial charge < -0.3 is 15.5 Å². The van der Waals surface area contributed by atoms with Crippen molar-refractivity contribution in [3.05, 3.63) is 0 Å². The van der Waals surface area contributed by atoms with E-state index in [0.717, 1.165) is 25.5 Å². The summed E-state index contributed by atoms with van der Waals surface area (Å²) in [6.07, 6.45) is 4.74. The number of rotatable bonds is 5. The van der Waals surface area contributed by atoms with Gasteiger partial charge in [-0.1, -0.05) is 6.42 Å². The number of aliphatic imine (C=N–C) groups is 1. The Morgan fingerprint density at radius 2 is 1.95 bits per heavy atom. The number of halogens is 1. The maximum Gasteiger partial charge on any atom is 0.191 e. The lowest BCUT2D eigenvalue weighted by molar-refractivity contribution is 0.232. The highest BCUT2D eigenvalue weighted by atomic mass is 127. The zero-order chi connectivity index (χ0) is 15.1. The second kappa shape index (κ2) is 9.92. The van der Waals surface area contributed by atoms with Crippen molar-refractivity contribution in [1.82, 2.24) is 15.5 Å². The average molecular weight is 444 g/mol. The number of hydrogen-bond donors (Lipinski definition) is 2. The van der Waals surface area contributed by atoms with Crippen LogP contribution < -0.4 is 10.6 Å². The number of piperidine rings is 1. The second-order valence-electron chi connectivity index (χ2n) is 6.05. The number of guanidine groups is 1. The van der Waals surface area contributed by atoms with Gasteiger partial charge in [0, 0.05) is 26.7 Å². The summed E-state index contributed by atoms with van der Waals surface area (Å²) in [5.74, 6) is 1.64. The summed E-state index contributed by atoms with van der Waals surface area (Å²) in [6, 6.07) is 0. The smallest absolute Gasteiger partial charge is 0.191 e. The van der Waals surface area contributed by atoms with Gasteiger partial charge in [0.1, 0.15) is 0 Å². The number of nitrogens with one attached hydrogen (secondary N) is 2. The monoisotopic (exact) mass is 444 g/mol. The first-order chi connectivity index (χ1) is 10.1. The van der Waals surface area contributed by atoms with Crippen LogP contribution in [0.1, 0.15) is 25.7 Å². The summed E-state index contributed by atoms with van der Waals surface area (Å²) < 4.78 is 22.8. The molecule has 2 aliphatic rings. The molecule has 0 spiro atoms. The molecule has 130 valence electrons. The van der Waals surface area contributed by atoms with E-state index in [4.69, 9.17) is 0 Å². The van der Waals surface area contributed by atoms with Crippen LogP contribution in [0.2, 0.25) is 0 Å². The molecule has 0 aromatic rings. The largest absolute Gasteiger partial charge is 0.356 e. The van der Waals surface area contributed by atoms with Crippen molar-refractivity contribution in [1.29, 1.82) is 0 Å². The average Bonchev–Trinajstić information content (AvgIpc) is 2.83. The molecule has 2 N–H and O–H groups in total. The van der Waals surface area contributed by atoms with Crippen LogP contribution in [-0.4, -0.2) is 70.6 Å². The minimum absolute atomic E-state index is 0. The Bertz CT molecular complexity index is 450. The number of sulfone groups is 1. The molecule has 0 aliphatic carbocycles. The van der Waals surface area contributed by atoms with Gasteiger partial charge in [0.25, 0.3) is 0 Å². The Balaban J connectivity index is 0.00000242. The van der Waals surface area contributed by atoms with E-state index < -0.39 is 9.84 Å². The van der Waals surface area contributed by atoms with Crippen LogP contribution in [0.3, 0.4) is 0 Å². The Labute approximate surface area is 151 Å². The van der Waals surface area contributed by atoms with Crippen molar-refractivity contribution in [3.63, 3.8) is 0 Å². The maximum absolute atomic E-state index is 11.4. The molecule has 2 saturated heterocycles. The lowest BCUT2D eigenvalue weighted by Gasteiger charge is -2.26. The van der Waals surface area contributed by atoms with Gasteiger partial charge >= 0.3 is 0 Å². The lowest BCUT2D eigenvalue weighted by atomic mass is 10.1. The van der Waals surface area contributed by atoms with Crippen LogP contribution in [0.4, 0.5) is 0 Å². The molecule has 22 heavy (non-hydrogen) atoms. The third-order valence-corrected chi connectivity index (χ3v) is 6.11. The van der Waals surface area contributed by atoms with Gasteiger partial charge in [0.2, 0.25) is 0 Å². The lowest BCUT2D eigenvalue weighted by Crippen LogP contribution is -2.44. The summed E-state index contributed by atoms with van der Waals surface area (Å²) >= 11 is 0. The molecule has 0 amide bonds. The van der Waals surface area contributed by atoms with E-state index in [0.29, 0.717) is 18.1 Å². The molecule has 1 unspecified atom stereocenters. The van der Waals surface area contributed by atoms with E-state index in [1.54, 1.807) is 7.05 Å². The third-order valence-electron chi connectivity index (χ3n) is 4.28. The zero-order valence-corrected chi connectivity index (χ0v) is 16.5. The van der Waals surface area contributed by atoms with Gasteiger partial charge in [-0.3, -0.25) is 4.99 Å². The molecule has 0 saturated carbocycles. The molecule has 2 fully saturated rings. The van der Waals surface area contributed by atoms with Crippen molar-refractivity contribution >= 4 is 39.8 Å². The number of nitrogens with zero attached hydrogens (tertiary/aromatic N) is 2. The van der Waals surface area contributed by atoms with E-state index in [1.165, 1.54) is 32.4 Å². The molecule has 6 nitrogen and oxygen atoms in total. The third kappa shape index (κ3) is 6.99. The van der Waals surface area contributed by atoms with Crippen molar-refractivity contribution < 1.29 is 8.42 Å². The minimum Gasteiger partial charge on any atom is -0.356 e. The topological polar surface area (TPSA) is 73.8 Å². The Hall–Kier alpha value is -0.0900. The molecule has 0 bridgehead atoms. The molecule has 2 heterocycles. The van der Waals surface area contributed by atoms with Gasteiger partial charge in [-0.25, -0.2) is 8.42 Å². The fraction of sp³-hybridized carbons (Fsp3) is 0.929. The molecule has 2 rings (SSSR count). The highest BCUT2D eigenvalue weighted by molar-refractivity contribution is 14.0. The zero-order valence-electron chi connectivity index (χ0n) is 13.4. The van der Waals surface area contributed by atoms with Gasteiger partial charge in [0.15, 0.2) is 15.8 Å². The van der Waals surface area contributed by atoms with Gasteiger partial charge in [-0.2, -0.15) is 0 Å². The van der Waals surface area contributed by atoms with Crippen LogP contribution in [0, 0.1) is 5.92 Å². The number of hydrogen-bond acceptors (Lipinski definition) is 4. The molecular weight excluding hydrogens is 415 g/mol. The first kappa shape index (κ1) is 20.0. The van der Waals surface area contributed by atoms with Gasteiger partial charge in [-0.15, -0.1) is 24.0 Å². The van der Waals surface area contributed by atoms with Crippen LogP contribution in [0.15, 0.2) is 4.99 Å². The van der Waals surface area contributed by atoms with Crippen molar-refractivity contribution in [3.8, 4) is 0 Å². The first-order valence-electron chi connectivity index (χ1n) is 7.96. The van der Waals surface area contributed by atoms with E-state index in [9.17, 15) is 8.42 Å². The first-order valence-corrected chi connectivity index (χ1v) is 9.78. The van der Waals surface area contributed by atoms with E-state index >= 15 is 0 Å². The van der Waals surface area contributed by atoms with Crippen LogP contribution in [0.5, 0.6) is 0 Å². The summed E-state index contributed by atoms with van der Waals surface area (Å²) in [5.41, 5.74) is 0. The summed E-state index contributed by atoms with van der Waals surface area (Å²) in [5, 5.41) is 6.55. The molecule has 1 atom stereocenters. The Morgan fingerprint density at radius 3 is 2.55 bits per heavy atom.